The summed E-state index contributed by atoms with van der Waals surface area (Å²) in [5.74, 6) is 5.53. The number of carbonyl (C=O) groups excluding carboxylic acids is 1. The Kier molecular flexibility index (Phi) is 2.84. The summed E-state index contributed by atoms with van der Waals surface area (Å²) in [7, 11) is 0. The van der Waals surface area contributed by atoms with Crippen LogP contribution >= 0.6 is 0 Å². The number of nitrogens with one attached hydrogen (secondary N) is 2. The molecule has 0 aromatic heterocycles. The molecule has 1 amide bonds. The van der Waals surface area contributed by atoms with Crippen molar-refractivity contribution in [1.29, 1.82) is 0 Å². The van der Waals surface area contributed by atoms with Crippen molar-refractivity contribution >= 4 is 5.91 Å². The fourth-order valence-electron chi connectivity index (χ4n) is 1.41. The minimum atomic E-state index is -0.100. The van der Waals surface area contributed by atoms with Gasteiger partial charge in [-0.2, -0.15) is 0 Å². The first kappa shape index (κ1) is 8.49. The minimum absolute atomic E-state index is 0.0799. The zero-order valence-corrected chi connectivity index (χ0v) is 6.76. The maximum absolute atomic E-state index is 11.0. The predicted molar refractivity (Wildman–Crippen MR) is 42.5 cm³/mol. The largest absolute Gasteiger partial charge is 0.306 e. The fourth-order valence-corrected chi connectivity index (χ4v) is 1.41. The van der Waals surface area contributed by atoms with E-state index in [4.69, 9.17) is 5.84 Å². The normalized spacial score (nSPS) is 31.5. The van der Waals surface area contributed by atoms with Gasteiger partial charge in [0.25, 0.3) is 5.91 Å². The highest BCUT2D eigenvalue weighted by Crippen LogP contribution is 2.14. The van der Waals surface area contributed by atoms with Crippen LogP contribution in [0.15, 0.2) is 0 Å². The van der Waals surface area contributed by atoms with Crippen LogP contribution in [0.1, 0.15) is 19.8 Å². The standard InChI is InChI=1S/C7H15N3O/c1-5-2-3-9-6(4-5)7(11)10-8/h5-6,9H,2-4,8H2,1H3,(H,10,11). The molecule has 0 radical (unpaired) electrons. The van der Waals surface area contributed by atoms with E-state index in [1.54, 1.807) is 0 Å². The molecule has 0 aromatic rings. The number of hydrazine groups is 1. The van der Waals surface area contributed by atoms with Gasteiger partial charge in [-0.15, -0.1) is 0 Å². The van der Waals surface area contributed by atoms with Crippen molar-refractivity contribution in [3.8, 4) is 0 Å². The summed E-state index contributed by atoms with van der Waals surface area (Å²) >= 11 is 0. The Balaban J connectivity index is 2.39. The highest BCUT2D eigenvalue weighted by molar-refractivity contribution is 5.81. The first-order valence-electron chi connectivity index (χ1n) is 3.98. The Morgan fingerprint density at radius 2 is 2.45 bits per heavy atom. The van der Waals surface area contributed by atoms with Crippen LogP contribution < -0.4 is 16.6 Å². The Labute approximate surface area is 66.5 Å². The third-order valence-corrected chi connectivity index (χ3v) is 2.12. The first-order valence-corrected chi connectivity index (χ1v) is 3.98. The van der Waals surface area contributed by atoms with Gasteiger partial charge < -0.3 is 5.32 Å². The van der Waals surface area contributed by atoms with Crippen LogP contribution in [0.3, 0.4) is 0 Å². The molecule has 1 heterocycles. The van der Waals surface area contributed by atoms with Crippen LogP contribution in [0.5, 0.6) is 0 Å². The quantitative estimate of drug-likeness (QED) is 0.269. The van der Waals surface area contributed by atoms with Crippen LogP contribution in [0.25, 0.3) is 0 Å². The number of piperidine rings is 1. The molecule has 1 aliphatic heterocycles. The van der Waals surface area contributed by atoms with Gasteiger partial charge in [-0.1, -0.05) is 6.92 Å². The lowest BCUT2D eigenvalue weighted by Gasteiger charge is -2.26. The second-order valence-corrected chi connectivity index (χ2v) is 3.14. The second kappa shape index (κ2) is 3.69. The summed E-state index contributed by atoms with van der Waals surface area (Å²) in [5, 5.41) is 3.11. The van der Waals surface area contributed by atoms with E-state index in [1.165, 1.54) is 0 Å². The molecular weight excluding hydrogens is 142 g/mol. The average Bonchev–Trinajstić information content (AvgIpc) is 2.03. The van der Waals surface area contributed by atoms with Gasteiger partial charge >= 0.3 is 0 Å². The van der Waals surface area contributed by atoms with Crippen molar-refractivity contribution in [2.75, 3.05) is 6.54 Å². The molecule has 4 N–H and O–H groups in total. The lowest BCUT2D eigenvalue weighted by atomic mass is 9.94. The van der Waals surface area contributed by atoms with Gasteiger partial charge in [0.2, 0.25) is 0 Å². The maximum atomic E-state index is 11.0. The molecule has 0 saturated carbocycles. The number of rotatable bonds is 1. The van der Waals surface area contributed by atoms with Crippen molar-refractivity contribution < 1.29 is 4.79 Å². The number of hydrogen-bond acceptors (Lipinski definition) is 3. The van der Waals surface area contributed by atoms with Gasteiger partial charge in [-0.25, -0.2) is 5.84 Å². The Hall–Kier alpha value is -0.610. The van der Waals surface area contributed by atoms with E-state index in [2.05, 4.69) is 17.7 Å². The topological polar surface area (TPSA) is 67.2 Å². The van der Waals surface area contributed by atoms with Gasteiger partial charge in [0.15, 0.2) is 0 Å². The van der Waals surface area contributed by atoms with Crippen molar-refractivity contribution in [2.45, 2.75) is 25.8 Å². The summed E-state index contributed by atoms with van der Waals surface area (Å²) in [6, 6.07) is -0.0799. The van der Waals surface area contributed by atoms with E-state index in [1.807, 2.05) is 0 Å². The van der Waals surface area contributed by atoms with Crippen LogP contribution in [-0.4, -0.2) is 18.5 Å². The molecular formula is C7H15N3O. The van der Waals surface area contributed by atoms with Crippen molar-refractivity contribution in [2.24, 2.45) is 11.8 Å². The molecule has 0 spiro atoms. The van der Waals surface area contributed by atoms with Gasteiger partial charge in [0.1, 0.15) is 0 Å². The van der Waals surface area contributed by atoms with Gasteiger partial charge in [-0.05, 0) is 25.3 Å². The van der Waals surface area contributed by atoms with Crippen molar-refractivity contribution in [3.63, 3.8) is 0 Å². The molecule has 1 fully saturated rings. The molecule has 1 aliphatic rings. The lowest BCUT2D eigenvalue weighted by molar-refractivity contribution is -0.124. The molecule has 0 aromatic carbocycles. The third-order valence-electron chi connectivity index (χ3n) is 2.12. The van der Waals surface area contributed by atoms with Crippen molar-refractivity contribution in [3.05, 3.63) is 0 Å². The molecule has 2 unspecified atom stereocenters. The average molecular weight is 157 g/mol. The lowest BCUT2D eigenvalue weighted by Crippen LogP contribution is -2.50. The Morgan fingerprint density at radius 3 is 3.00 bits per heavy atom. The number of nitrogens with two attached hydrogens (primary N) is 1. The maximum Gasteiger partial charge on any atom is 0.251 e. The number of amides is 1. The van der Waals surface area contributed by atoms with E-state index in [9.17, 15) is 4.79 Å². The molecule has 2 atom stereocenters. The summed E-state index contributed by atoms with van der Waals surface area (Å²) in [6.45, 7) is 3.07. The smallest absolute Gasteiger partial charge is 0.251 e. The molecule has 0 bridgehead atoms. The monoisotopic (exact) mass is 157 g/mol. The summed E-state index contributed by atoms with van der Waals surface area (Å²) in [4.78, 5) is 11.0. The van der Waals surface area contributed by atoms with Gasteiger partial charge in [-0.3, -0.25) is 10.2 Å². The summed E-state index contributed by atoms with van der Waals surface area (Å²) < 4.78 is 0. The minimum Gasteiger partial charge on any atom is -0.306 e. The van der Waals surface area contributed by atoms with E-state index in [0.29, 0.717) is 5.92 Å². The molecule has 1 rings (SSSR count). The Bertz CT molecular complexity index is 149. The molecule has 4 nitrogen and oxygen atoms in total. The number of carbonyl (C=O) groups is 1. The number of hydrogen-bond donors (Lipinski definition) is 3. The van der Waals surface area contributed by atoms with Crippen LogP contribution in [0, 0.1) is 5.92 Å². The van der Waals surface area contributed by atoms with E-state index in [-0.39, 0.29) is 11.9 Å². The zero-order valence-electron chi connectivity index (χ0n) is 6.76. The summed E-state index contributed by atoms with van der Waals surface area (Å²) in [5.41, 5.74) is 2.15. The van der Waals surface area contributed by atoms with E-state index in [0.717, 1.165) is 19.4 Å². The molecule has 1 saturated heterocycles. The van der Waals surface area contributed by atoms with Gasteiger partial charge in [0, 0.05) is 0 Å². The fraction of sp³-hybridized carbons (Fsp3) is 0.857. The highest BCUT2D eigenvalue weighted by atomic mass is 16.2. The first-order chi connectivity index (χ1) is 5.24. The Morgan fingerprint density at radius 1 is 1.73 bits per heavy atom. The summed E-state index contributed by atoms with van der Waals surface area (Å²) in [6.07, 6.45) is 2.04. The molecule has 64 valence electrons. The van der Waals surface area contributed by atoms with E-state index >= 15 is 0 Å². The van der Waals surface area contributed by atoms with Crippen molar-refractivity contribution in [1.82, 2.24) is 10.7 Å². The zero-order chi connectivity index (χ0) is 8.27. The van der Waals surface area contributed by atoms with Crippen LogP contribution in [0.2, 0.25) is 0 Å². The second-order valence-electron chi connectivity index (χ2n) is 3.14. The molecule has 11 heavy (non-hydrogen) atoms. The highest BCUT2D eigenvalue weighted by Gasteiger charge is 2.23. The van der Waals surface area contributed by atoms with E-state index < -0.39 is 0 Å². The predicted octanol–water partition coefficient (Wildman–Crippen LogP) is -0.636. The van der Waals surface area contributed by atoms with Crippen LogP contribution in [-0.2, 0) is 4.79 Å². The SMILES string of the molecule is CC1CCNC(C(=O)NN)C1. The van der Waals surface area contributed by atoms with Gasteiger partial charge in [0.05, 0.1) is 6.04 Å². The third kappa shape index (κ3) is 2.17. The van der Waals surface area contributed by atoms with Crippen LogP contribution in [0.4, 0.5) is 0 Å². The molecule has 4 heteroatoms. The molecule has 0 aliphatic carbocycles.